The number of benzene rings is 1. The van der Waals surface area contributed by atoms with E-state index in [1.54, 1.807) is 26.8 Å². The van der Waals surface area contributed by atoms with E-state index in [-0.39, 0.29) is 6.04 Å². The molecule has 1 amide bonds. The molecule has 1 fully saturated rings. The largest absolute Gasteiger partial charge is 0.480 e. The molecule has 2 N–H and O–H groups in total. The van der Waals surface area contributed by atoms with Crippen LogP contribution in [0.5, 0.6) is 0 Å². The average molecular weight is 360 g/mol. The van der Waals surface area contributed by atoms with Gasteiger partial charge >= 0.3 is 12.1 Å². The number of furan rings is 1. The number of fused-ring (bicyclic) bond motifs is 1. The number of nitrogens with one attached hydrogen (secondary N) is 1. The first-order chi connectivity index (χ1) is 12.2. The third kappa shape index (κ3) is 4.16. The zero-order valence-electron chi connectivity index (χ0n) is 15.2. The minimum absolute atomic E-state index is 0.156. The fourth-order valence-corrected chi connectivity index (χ4v) is 3.21. The summed E-state index contributed by atoms with van der Waals surface area (Å²) in [7, 11) is 0. The molecule has 1 saturated heterocycles. The monoisotopic (exact) mass is 360 g/mol. The molecule has 1 aliphatic heterocycles. The van der Waals surface area contributed by atoms with Crippen LogP contribution in [0.1, 0.15) is 39.0 Å². The van der Waals surface area contributed by atoms with Gasteiger partial charge < -0.3 is 19.6 Å². The molecule has 0 spiro atoms. The summed E-state index contributed by atoms with van der Waals surface area (Å²) >= 11 is 0. The van der Waals surface area contributed by atoms with Gasteiger partial charge in [-0.15, -0.1) is 0 Å². The van der Waals surface area contributed by atoms with E-state index in [4.69, 9.17) is 9.15 Å². The Morgan fingerprint density at radius 1 is 1.35 bits per heavy atom. The summed E-state index contributed by atoms with van der Waals surface area (Å²) in [6.45, 7) is 6.38. The summed E-state index contributed by atoms with van der Waals surface area (Å²) in [4.78, 5) is 25.6. The number of carboxylic acid groups (broad SMARTS) is 1. The van der Waals surface area contributed by atoms with Crippen LogP contribution in [0.3, 0.4) is 0 Å². The Kier molecular flexibility index (Phi) is 4.91. The van der Waals surface area contributed by atoms with Gasteiger partial charge in [0.15, 0.2) is 6.04 Å². The molecule has 0 aliphatic carbocycles. The van der Waals surface area contributed by atoms with Crippen molar-refractivity contribution in [3.8, 4) is 0 Å². The molecule has 7 nitrogen and oxygen atoms in total. The van der Waals surface area contributed by atoms with Crippen molar-refractivity contribution in [1.29, 1.82) is 0 Å². The van der Waals surface area contributed by atoms with Gasteiger partial charge in [-0.1, -0.05) is 18.2 Å². The zero-order valence-corrected chi connectivity index (χ0v) is 15.2. The molecule has 2 atom stereocenters. The fourth-order valence-electron chi connectivity index (χ4n) is 3.21. The number of para-hydroxylation sites is 1. The number of carboxylic acids is 1. The number of nitrogens with zero attached hydrogens (tertiary/aromatic N) is 1. The Hall–Kier alpha value is -2.54. The molecule has 0 saturated carbocycles. The minimum atomic E-state index is -0.970. The number of ether oxygens (including phenoxy) is 1. The zero-order chi connectivity index (χ0) is 18.9. The highest BCUT2D eigenvalue weighted by Crippen LogP contribution is 2.30. The molecule has 2 aromatic rings. The van der Waals surface area contributed by atoms with Gasteiger partial charge in [0, 0.05) is 24.5 Å². The molecule has 3 rings (SSSR count). The van der Waals surface area contributed by atoms with Crippen LogP contribution in [0.15, 0.2) is 34.7 Å². The van der Waals surface area contributed by atoms with Gasteiger partial charge in [0.25, 0.3) is 0 Å². The molecule has 140 valence electrons. The van der Waals surface area contributed by atoms with Crippen molar-refractivity contribution >= 4 is 23.0 Å². The predicted octanol–water partition coefficient (Wildman–Crippen LogP) is 3.16. The van der Waals surface area contributed by atoms with Gasteiger partial charge in [-0.3, -0.25) is 9.69 Å². The van der Waals surface area contributed by atoms with Crippen molar-refractivity contribution in [2.75, 3.05) is 13.1 Å². The van der Waals surface area contributed by atoms with Crippen LogP contribution in [-0.4, -0.2) is 46.8 Å². The van der Waals surface area contributed by atoms with Crippen molar-refractivity contribution in [1.82, 2.24) is 10.2 Å². The van der Waals surface area contributed by atoms with E-state index in [0.717, 1.165) is 5.39 Å². The predicted molar refractivity (Wildman–Crippen MR) is 95.9 cm³/mol. The second-order valence-electron chi connectivity index (χ2n) is 7.55. The molecule has 0 bridgehead atoms. The average Bonchev–Trinajstić information content (AvgIpc) is 3.12. The number of rotatable bonds is 4. The summed E-state index contributed by atoms with van der Waals surface area (Å²) < 4.78 is 11.0. The smallest absolute Gasteiger partial charge is 0.407 e. The quantitative estimate of drug-likeness (QED) is 0.870. The number of carbonyl (C=O) groups excluding carboxylic acids is 1. The Morgan fingerprint density at radius 3 is 2.73 bits per heavy atom. The van der Waals surface area contributed by atoms with E-state index in [1.807, 2.05) is 29.2 Å². The Morgan fingerprint density at radius 2 is 2.08 bits per heavy atom. The third-order valence-corrected chi connectivity index (χ3v) is 4.25. The maximum atomic E-state index is 11.9. The Labute approximate surface area is 151 Å². The highest BCUT2D eigenvalue weighted by atomic mass is 16.6. The van der Waals surface area contributed by atoms with E-state index in [2.05, 4.69) is 5.32 Å². The van der Waals surface area contributed by atoms with E-state index < -0.39 is 23.7 Å². The van der Waals surface area contributed by atoms with Crippen LogP contribution < -0.4 is 5.32 Å². The standard InChI is InChI=1S/C19H24N2O5/c1-19(2,3)26-18(24)20-13-8-9-21(11-13)16(17(22)23)15-10-12-6-4-5-7-14(12)25-15/h4-7,10,13,16H,8-9,11H2,1-3H3,(H,20,24)(H,22,23)/t13-,16-/m1/s1. The lowest BCUT2D eigenvalue weighted by Crippen LogP contribution is -2.41. The van der Waals surface area contributed by atoms with Gasteiger partial charge in [-0.2, -0.15) is 0 Å². The molecule has 0 radical (unpaired) electrons. The maximum absolute atomic E-state index is 11.9. The summed E-state index contributed by atoms with van der Waals surface area (Å²) in [5.74, 6) is -0.571. The first kappa shape index (κ1) is 18.3. The van der Waals surface area contributed by atoms with Crippen molar-refractivity contribution in [2.24, 2.45) is 0 Å². The molecule has 2 heterocycles. The number of hydrogen-bond acceptors (Lipinski definition) is 5. The molecule has 1 aromatic carbocycles. The lowest BCUT2D eigenvalue weighted by Gasteiger charge is -2.24. The SMILES string of the molecule is CC(C)(C)OC(=O)N[C@@H]1CCN([C@@H](C(=O)O)c2cc3ccccc3o2)C1. The second kappa shape index (κ2) is 6.99. The Bertz CT molecular complexity index is 775. The van der Waals surface area contributed by atoms with Gasteiger partial charge in [-0.25, -0.2) is 4.79 Å². The highest BCUT2D eigenvalue weighted by Gasteiger charge is 2.36. The van der Waals surface area contributed by atoms with E-state index >= 15 is 0 Å². The van der Waals surface area contributed by atoms with Crippen molar-refractivity contribution in [3.05, 3.63) is 36.1 Å². The lowest BCUT2D eigenvalue weighted by atomic mass is 10.1. The number of likely N-dealkylation sites (tertiary alicyclic amines) is 1. The molecular weight excluding hydrogens is 336 g/mol. The van der Waals surface area contributed by atoms with E-state index in [0.29, 0.717) is 30.9 Å². The molecule has 26 heavy (non-hydrogen) atoms. The second-order valence-corrected chi connectivity index (χ2v) is 7.55. The summed E-state index contributed by atoms with van der Waals surface area (Å²) in [6.07, 6.45) is 0.170. The third-order valence-electron chi connectivity index (χ3n) is 4.25. The normalized spacial score (nSPS) is 19.4. The van der Waals surface area contributed by atoms with Crippen LogP contribution in [0, 0.1) is 0 Å². The van der Waals surface area contributed by atoms with Gasteiger partial charge in [0.05, 0.1) is 0 Å². The van der Waals surface area contributed by atoms with Crippen molar-refractivity contribution < 1.29 is 23.8 Å². The van der Waals surface area contributed by atoms with Gasteiger partial charge in [0.2, 0.25) is 0 Å². The number of alkyl carbamates (subject to hydrolysis) is 1. The molecule has 0 unspecified atom stereocenters. The van der Waals surface area contributed by atoms with Crippen LogP contribution in [-0.2, 0) is 9.53 Å². The fraction of sp³-hybridized carbons (Fsp3) is 0.474. The summed E-state index contributed by atoms with van der Waals surface area (Å²) in [6, 6.07) is 8.16. The van der Waals surface area contributed by atoms with E-state index in [1.165, 1.54) is 0 Å². The van der Waals surface area contributed by atoms with Gasteiger partial charge in [0.1, 0.15) is 16.9 Å². The number of amides is 1. The topological polar surface area (TPSA) is 92.0 Å². The molecule has 7 heteroatoms. The van der Waals surface area contributed by atoms with E-state index in [9.17, 15) is 14.7 Å². The molecule has 1 aromatic heterocycles. The van der Waals surface area contributed by atoms with Crippen LogP contribution >= 0.6 is 0 Å². The highest BCUT2D eigenvalue weighted by molar-refractivity contribution is 5.81. The van der Waals surface area contributed by atoms with Crippen LogP contribution in [0.4, 0.5) is 4.79 Å². The minimum Gasteiger partial charge on any atom is -0.480 e. The van der Waals surface area contributed by atoms with Crippen molar-refractivity contribution in [3.63, 3.8) is 0 Å². The summed E-state index contributed by atoms with van der Waals surface area (Å²) in [5, 5.41) is 13.4. The first-order valence-electron chi connectivity index (χ1n) is 8.68. The number of carbonyl (C=O) groups is 2. The number of hydrogen-bond donors (Lipinski definition) is 2. The van der Waals surface area contributed by atoms with Crippen LogP contribution in [0.25, 0.3) is 11.0 Å². The first-order valence-corrected chi connectivity index (χ1v) is 8.68. The summed E-state index contributed by atoms with van der Waals surface area (Å²) in [5.41, 5.74) is 0.0941. The van der Waals surface area contributed by atoms with Crippen LogP contribution in [0.2, 0.25) is 0 Å². The molecule has 1 aliphatic rings. The maximum Gasteiger partial charge on any atom is 0.407 e. The van der Waals surface area contributed by atoms with Crippen molar-refractivity contribution in [2.45, 2.75) is 44.9 Å². The lowest BCUT2D eigenvalue weighted by molar-refractivity contribution is -0.143. The number of aliphatic carboxylic acids is 1. The van der Waals surface area contributed by atoms with Gasteiger partial charge in [-0.05, 0) is 39.3 Å². The Balaban J connectivity index is 1.70. The molecular formula is C19H24N2O5.